The monoisotopic (exact) mass is 197 g/mol. The third kappa shape index (κ3) is 2.46. The molecule has 0 fully saturated rings. The molecule has 2 nitrogen and oxygen atoms in total. The fraction of sp³-hybridized carbons (Fsp3) is 0.300. The van der Waals surface area contributed by atoms with Crippen LogP contribution in [0.2, 0.25) is 0 Å². The fourth-order valence-corrected chi connectivity index (χ4v) is 1.45. The third-order valence-corrected chi connectivity index (χ3v) is 2.13. The van der Waals surface area contributed by atoms with Gasteiger partial charge in [-0.1, -0.05) is 54.4 Å². The van der Waals surface area contributed by atoms with E-state index in [0.29, 0.717) is 0 Å². The molecule has 0 saturated heterocycles. The quantitative estimate of drug-likeness (QED) is 0.451. The van der Waals surface area contributed by atoms with Crippen molar-refractivity contribution >= 4 is 16.8 Å². The Bertz CT molecular complexity index is 310. The predicted molar refractivity (Wildman–Crippen MR) is 54.6 cm³/mol. The molecule has 0 spiro atoms. The topological polar surface area (TPSA) is 32.6 Å². The SMILES string of the molecule is CCCc1ccccc1C(Cl)=NO. The lowest BCUT2D eigenvalue weighted by molar-refractivity contribution is 0.321. The van der Waals surface area contributed by atoms with Gasteiger partial charge in [-0.15, -0.1) is 0 Å². The average Bonchev–Trinajstić information content (AvgIpc) is 2.18. The van der Waals surface area contributed by atoms with Gasteiger partial charge < -0.3 is 5.21 Å². The Balaban J connectivity index is 3.04. The summed E-state index contributed by atoms with van der Waals surface area (Å²) in [7, 11) is 0. The van der Waals surface area contributed by atoms with Crippen molar-refractivity contribution in [3.05, 3.63) is 35.4 Å². The molecule has 0 bridgehead atoms. The number of oxime groups is 1. The highest BCUT2D eigenvalue weighted by Crippen LogP contribution is 2.13. The van der Waals surface area contributed by atoms with Gasteiger partial charge in [0.15, 0.2) is 5.17 Å². The largest absolute Gasteiger partial charge is 0.410 e. The summed E-state index contributed by atoms with van der Waals surface area (Å²) in [5.41, 5.74) is 1.93. The van der Waals surface area contributed by atoms with E-state index in [-0.39, 0.29) is 5.17 Å². The van der Waals surface area contributed by atoms with Gasteiger partial charge in [-0.2, -0.15) is 0 Å². The van der Waals surface area contributed by atoms with E-state index in [1.54, 1.807) is 0 Å². The van der Waals surface area contributed by atoms with Crippen LogP contribution >= 0.6 is 11.6 Å². The van der Waals surface area contributed by atoms with Gasteiger partial charge in [0.1, 0.15) is 0 Å². The molecule has 0 heterocycles. The van der Waals surface area contributed by atoms with E-state index in [4.69, 9.17) is 16.8 Å². The van der Waals surface area contributed by atoms with E-state index < -0.39 is 0 Å². The molecule has 0 aliphatic heterocycles. The van der Waals surface area contributed by atoms with Crippen LogP contribution < -0.4 is 0 Å². The number of benzene rings is 1. The summed E-state index contributed by atoms with van der Waals surface area (Å²) in [4.78, 5) is 0. The zero-order chi connectivity index (χ0) is 9.68. The zero-order valence-corrected chi connectivity index (χ0v) is 8.25. The molecule has 1 rings (SSSR count). The van der Waals surface area contributed by atoms with Gasteiger partial charge in [-0.05, 0) is 12.0 Å². The van der Waals surface area contributed by atoms with Gasteiger partial charge >= 0.3 is 0 Å². The van der Waals surface area contributed by atoms with Crippen molar-refractivity contribution in [3.8, 4) is 0 Å². The van der Waals surface area contributed by atoms with E-state index in [0.717, 1.165) is 24.0 Å². The third-order valence-electron chi connectivity index (χ3n) is 1.85. The Hall–Kier alpha value is -1.02. The first-order valence-electron chi connectivity index (χ1n) is 4.25. The molecule has 1 aromatic carbocycles. The lowest BCUT2D eigenvalue weighted by atomic mass is 10.0. The van der Waals surface area contributed by atoms with E-state index in [1.807, 2.05) is 24.3 Å². The molecular weight excluding hydrogens is 186 g/mol. The summed E-state index contributed by atoms with van der Waals surface area (Å²) in [6, 6.07) is 7.68. The molecule has 0 amide bonds. The predicted octanol–water partition coefficient (Wildman–Crippen LogP) is 3.01. The molecular formula is C10H12ClNO. The Morgan fingerprint density at radius 1 is 1.46 bits per heavy atom. The number of aryl methyl sites for hydroxylation is 1. The molecule has 0 aliphatic rings. The molecule has 0 aromatic heterocycles. The van der Waals surface area contributed by atoms with Gasteiger partial charge in [0.2, 0.25) is 0 Å². The first-order valence-corrected chi connectivity index (χ1v) is 4.63. The molecule has 13 heavy (non-hydrogen) atoms. The van der Waals surface area contributed by atoms with Crippen LogP contribution in [0.25, 0.3) is 0 Å². The molecule has 0 unspecified atom stereocenters. The van der Waals surface area contributed by atoms with Gasteiger partial charge in [-0.3, -0.25) is 0 Å². The van der Waals surface area contributed by atoms with Crippen molar-refractivity contribution in [3.63, 3.8) is 0 Å². The van der Waals surface area contributed by atoms with E-state index >= 15 is 0 Å². The van der Waals surface area contributed by atoms with Crippen LogP contribution in [0.5, 0.6) is 0 Å². The summed E-state index contributed by atoms with van der Waals surface area (Å²) in [6.07, 6.45) is 1.99. The fourth-order valence-electron chi connectivity index (χ4n) is 1.26. The van der Waals surface area contributed by atoms with E-state index in [2.05, 4.69) is 12.1 Å². The van der Waals surface area contributed by atoms with Crippen LogP contribution in [0.1, 0.15) is 24.5 Å². The summed E-state index contributed by atoms with van der Waals surface area (Å²) in [6.45, 7) is 2.10. The zero-order valence-electron chi connectivity index (χ0n) is 7.50. The minimum absolute atomic E-state index is 0.157. The van der Waals surface area contributed by atoms with Crippen molar-refractivity contribution in [2.24, 2.45) is 5.16 Å². The van der Waals surface area contributed by atoms with Crippen molar-refractivity contribution in [2.75, 3.05) is 0 Å². The van der Waals surface area contributed by atoms with Crippen LogP contribution in [0.3, 0.4) is 0 Å². The summed E-state index contributed by atoms with van der Waals surface area (Å²) < 4.78 is 0. The second kappa shape index (κ2) is 4.87. The summed E-state index contributed by atoms with van der Waals surface area (Å²) >= 11 is 5.73. The molecule has 1 N–H and O–H groups in total. The Labute approximate surface area is 82.8 Å². The van der Waals surface area contributed by atoms with Crippen LogP contribution in [0.4, 0.5) is 0 Å². The maximum atomic E-state index is 8.54. The van der Waals surface area contributed by atoms with E-state index in [9.17, 15) is 0 Å². The van der Waals surface area contributed by atoms with Gasteiger partial charge in [0.05, 0.1) is 0 Å². The molecule has 0 atom stereocenters. The second-order valence-corrected chi connectivity index (χ2v) is 3.16. The Morgan fingerprint density at radius 3 is 2.77 bits per heavy atom. The van der Waals surface area contributed by atoms with Crippen molar-refractivity contribution in [1.29, 1.82) is 0 Å². The Kier molecular flexibility index (Phi) is 3.77. The molecule has 1 aromatic rings. The average molecular weight is 198 g/mol. The van der Waals surface area contributed by atoms with Gasteiger partial charge in [0, 0.05) is 5.56 Å². The smallest absolute Gasteiger partial charge is 0.175 e. The summed E-state index contributed by atoms with van der Waals surface area (Å²) in [5, 5.41) is 11.7. The minimum atomic E-state index is 0.157. The summed E-state index contributed by atoms with van der Waals surface area (Å²) in [5.74, 6) is 0. The molecule has 0 saturated carbocycles. The van der Waals surface area contributed by atoms with Crippen LogP contribution in [0.15, 0.2) is 29.4 Å². The standard InChI is InChI=1S/C10H12ClNO/c1-2-5-8-6-3-4-7-9(8)10(11)12-13/h3-4,6-7,13H,2,5H2,1H3. The number of rotatable bonds is 3. The minimum Gasteiger partial charge on any atom is -0.410 e. The molecule has 0 radical (unpaired) electrons. The molecule has 3 heteroatoms. The van der Waals surface area contributed by atoms with Crippen molar-refractivity contribution < 1.29 is 5.21 Å². The maximum Gasteiger partial charge on any atom is 0.175 e. The second-order valence-electron chi connectivity index (χ2n) is 2.80. The number of hydrogen-bond acceptors (Lipinski definition) is 2. The van der Waals surface area contributed by atoms with Crippen LogP contribution in [0, 0.1) is 0 Å². The van der Waals surface area contributed by atoms with Gasteiger partial charge in [0.25, 0.3) is 0 Å². The van der Waals surface area contributed by atoms with E-state index in [1.165, 1.54) is 0 Å². The van der Waals surface area contributed by atoms with Crippen molar-refractivity contribution in [1.82, 2.24) is 0 Å². The lowest BCUT2D eigenvalue weighted by Gasteiger charge is -2.04. The maximum absolute atomic E-state index is 8.54. The number of hydrogen-bond donors (Lipinski definition) is 1. The highest BCUT2D eigenvalue weighted by Gasteiger charge is 2.05. The van der Waals surface area contributed by atoms with Gasteiger partial charge in [-0.25, -0.2) is 0 Å². The van der Waals surface area contributed by atoms with Crippen molar-refractivity contribution in [2.45, 2.75) is 19.8 Å². The number of halogens is 1. The van der Waals surface area contributed by atoms with Crippen LogP contribution in [-0.2, 0) is 6.42 Å². The Morgan fingerprint density at radius 2 is 2.15 bits per heavy atom. The highest BCUT2D eigenvalue weighted by molar-refractivity contribution is 6.69. The first kappa shape index (κ1) is 10.1. The van der Waals surface area contributed by atoms with Crippen LogP contribution in [-0.4, -0.2) is 10.4 Å². The number of nitrogens with zero attached hydrogens (tertiary/aromatic N) is 1. The first-order chi connectivity index (χ1) is 6.29. The highest BCUT2D eigenvalue weighted by atomic mass is 35.5. The normalized spacial score (nSPS) is 11.7. The lowest BCUT2D eigenvalue weighted by Crippen LogP contribution is -1.97. The molecule has 0 aliphatic carbocycles. The molecule has 70 valence electrons.